The zero-order chi connectivity index (χ0) is 23.7. The maximum atomic E-state index is 2.84. The predicted molar refractivity (Wildman–Crippen MR) is 141 cm³/mol. The van der Waals surface area contributed by atoms with Gasteiger partial charge in [0.15, 0.2) is 0 Å². The average molecular weight is 574 g/mol. The third kappa shape index (κ3) is 7.06. The molecule has 2 aliphatic rings. The van der Waals surface area contributed by atoms with E-state index in [9.17, 15) is 0 Å². The van der Waals surface area contributed by atoms with Crippen molar-refractivity contribution in [2.24, 2.45) is 0 Å². The number of hydrogen-bond donors (Lipinski definition) is 0. The third-order valence-electron chi connectivity index (χ3n) is 7.00. The molecule has 0 spiro atoms. The summed E-state index contributed by atoms with van der Waals surface area (Å²) in [5, 5.41) is 3.54. The minimum absolute atomic E-state index is 0. The number of hydrogen-bond acceptors (Lipinski definition) is 2. The minimum Gasteiger partial charge on any atom is -1.00 e. The van der Waals surface area contributed by atoms with Crippen molar-refractivity contribution in [1.82, 2.24) is 9.13 Å². The maximum absolute atomic E-state index is 2.84. The zero-order valence-corrected chi connectivity index (χ0v) is 27.6. The summed E-state index contributed by atoms with van der Waals surface area (Å²) >= 11 is -0.755. The molecule has 0 aliphatic heterocycles. The van der Waals surface area contributed by atoms with Crippen LogP contribution in [0.3, 0.4) is 0 Å². The molecule has 0 saturated carbocycles. The Kier molecular flexibility index (Phi) is 12.9. The Morgan fingerprint density at radius 1 is 0.606 bits per heavy atom. The zero-order valence-electron chi connectivity index (χ0n) is 23.2. The molecular weight excluding hydrogens is 526 g/mol. The van der Waals surface area contributed by atoms with E-state index in [1.54, 1.807) is 10.4 Å². The van der Waals surface area contributed by atoms with E-state index in [1.807, 2.05) is 6.56 Å². The molecule has 0 unspecified atom stereocenters. The molecule has 0 aromatic heterocycles. The fraction of sp³-hybridized carbons (Fsp3) is 0.692. The van der Waals surface area contributed by atoms with Gasteiger partial charge in [0.2, 0.25) is 0 Å². The molecule has 0 bridgehead atoms. The monoisotopic (exact) mass is 572 g/mol. The molecule has 0 N–H and O–H groups in total. The maximum Gasteiger partial charge on any atom is -1.00 e. The molecule has 0 aromatic rings. The molecule has 2 rings (SSSR count). The Labute approximate surface area is 217 Å². The van der Waals surface area contributed by atoms with E-state index < -0.39 is 39.7 Å². The first-order chi connectivity index (χ1) is 14.2. The van der Waals surface area contributed by atoms with Crippen LogP contribution in [0.1, 0.15) is 68.2 Å². The van der Waals surface area contributed by atoms with Gasteiger partial charge in [-0.1, -0.05) is 0 Å². The van der Waals surface area contributed by atoms with Gasteiger partial charge in [0.25, 0.3) is 0 Å². The fourth-order valence-electron chi connectivity index (χ4n) is 6.63. The SMILES string of the molecule is CC(C)N(C(C)C)[Si](C)(C)C1=[C]([Zr+2][C]2=C([Si](C)(C)N(C(C)C)C(C)C)C=CC2)CC=C1.[F-].[F-]. The Hall–Kier alpha value is 0.0569. The largest absolute Gasteiger partial charge is 1.00 e. The van der Waals surface area contributed by atoms with Gasteiger partial charge in [-0.25, -0.2) is 0 Å². The molecule has 0 atom stereocenters. The number of nitrogens with zero attached hydrogens (tertiary/aromatic N) is 2. The van der Waals surface area contributed by atoms with Gasteiger partial charge < -0.3 is 9.41 Å². The first-order valence-electron chi connectivity index (χ1n) is 12.4. The second-order valence-electron chi connectivity index (χ2n) is 11.4. The first-order valence-corrected chi connectivity index (χ1v) is 20.7. The Bertz CT molecular complexity index is 701. The van der Waals surface area contributed by atoms with Gasteiger partial charge in [-0.15, -0.1) is 0 Å². The summed E-state index contributed by atoms with van der Waals surface area (Å²) in [5.74, 6) is 0. The van der Waals surface area contributed by atoms with E-state index >= 15 is 0 Å². The van der Waals surface area contributed by atoms with Crippen molar-refractivity contribution >= 4 is 16.5 Å². The van der Waals surface area contributed by atoms with Crippen LogP contribution in [-0.4, -0.2) is 49.8 Å². The Balaban J connectivity index is 0.00000512. The summed E-state index contributed by atoms with van der Waals surface area (Å²) in [6.07, 6.45) is 12.4. The van der Waals surface area contributed by atoms with Gasteiger partial charge in [-0.3, -0.25) is 0 Å². The minimum atomic E-state index is -1.66. The van der Waals surface area contributed by atoms with Crippen LogP contribution in [0.15, 0.2) is 41.3 Å². The quantitative estimate of drug-likeness (QED) is 0.363. The van der Waals surface area contributed by atoms with E-state index in [0.717, 1.165) is 0 Å². The van der Waals surface area contributed by atoms with Crippen LogP contribution in [0.25, 0.3) is 0 Å². The molecule has 0 aromatic carbocycles. The first kappa shape index (κ1) is 33.1. The normalized spacial score (nSPS) is 16.8. The number of allylic oxidation sites excluding steroid dienone is 8. The second-order valence-corrected chi connectivity index (χ2v) is 23.4. The standard InChI is InChI=1S/2C13H24NSi.2FH.Zr/c2*1-11(2)14(12(3)4)15(5,6)13-9-7-8-10-13;;;/h2*7,9,11-12H,8H2,1-6H3;2*1H;/q;;;;+2/p-2. The summed E-state index contributed by atoms with van der Waals surface area (Å²) in [5.41, 5.74) is 0. The molecule has 0 radical (unpaired) electrons. The van der Waals surface area contributed by atoms with Gasteiger partial charge in [-0.05, 0) is 0 Å². The van der Waals surface area contributed by atoms with E-state index in [4.69, 9.17) is 0 Å². The van der Waals surface area contributed by atoms with Crippen LogP contribution in [0, 0.1) is 0 Å². The second kappa shape index (κ2) is 12.8. The van der Waals surface area contributed by atoms with E-state index in [1.165, 1.54) is 12.8 Å². The van der Waals surface area contributed by atoms with Crippen molar-refractivity contribution in [3.8, 4) is 0 Å². The van der Waals surface area contributed by atoms with Crippen LogP contribution >= 0.6 is 0 Å². The van der Waals surface area contributed by atoms with Gasteiger partial charge in [0.1, 0.15) is 0 Å². The average Bonchev–Trinajstić information content (AvgIpc) is 3.22. The Morgan fingerprint density at radius 3 is 1.12 bits per heavy atom. The van der Waals surface area contributed by atoms with E-state index in [-0.39, 0.29) is 9.41 Å². The van der Waals surface area contributed by atoms with Crippen LogP contribution in [0.5, 0.6) is 0 Å². The molecule has 0 fully saturated rings. The summed E-state index contributed by atoms with van der Waals surface area (Å²) < 4.78 is 9.43. The topological polar surface area (TPSA) is 6.48 Å². The van der Waals surface area contributed by atoms with Crippen LogP contribution in [0.2, 0.25) is 26.2 Å². The van der Waals surface area contributed by atoms with Gasteiger partial charge in [-0.2, -0.15) is 0 Å². The molecule has 7 heteroatoms. The van der Waals surface area contributed by atoms with Crippen molar-refractivity contribution in [3.63, 3.8) is 0 Å². The molecule has 0 heterocycles. The molecule has 2 aliphatic carbocycles. The Morgan fingerprint density at radius 2 is 0.879 bits per heavy atom. The van der Waals surface area contributed by atoms with Gasteiger partial charge in [0, 0.05) is 0 Å². The molecule has 0 saturated heterocycles. The van der Waals surface area contributed by atoms with Gasteiger partial charge >= 0.3 is 209 Å². The van der Waals surface area contributed by atoms with Crippen molar-refractivity contribution in [3.05, 3.63) is 41.3 Å². The van der Waals surface area contributed by atoms with Crippen LogP contribution in [0.4, 0.5) is 0 Å². The molecule has 0 amide bonds. The summed E-state index contributed by atoms with van der Waals surface area (Å²) in [4.78, 5) is 0. The van der Waals surface area contributed by atoms with Crippen molar-refractivity contribution < 1.29 is 32.6 Å². The summed E-state index contributed by atoms with van der Waals surface area (Å²) in [6, 6.07) is 2.42. The van der Waals surface area contributed by atoms with Crippen LogP contribution < -0.4 is 9.41 Å². The fourth-order valence-corrected chi connectivity index (χ4v) is 23.4. The smallest absolute Gasteiger partial charge is 1.00 e. The van der Waals surface area contributed by atoms with Crippen LogP contribution in [-0.2, 0) is 23.2 Å². The molecular formula is C26H48F2N2Si2Zr. The molecule has 188 valence electrons. The van der Waals surface area contributed by atoms with Crippen molar-refractivity contribution in [2.75, 3.05) is 0 Å². The van der Waals surface area contributed by atoms with Crippen molar-refractivity contribution in [2.45, 2.75) is 119 Å². The predicted octanol–water partition coefficient (Wildman–Crippen LogP) is 1.23. The third-order valence-corrected chi connectivity index (χ3v) is 20.3. The van der Waals surface area contributed by atoms with E-state index in [0.29, 0.717) is 24.2 Å². The summed E-state index contributed by atoms with van der Waals surface area (Å²) in [6.45, 7) is 29.5. The summed E-state index contributed by atoms with van der Waals surface area (Å²) in [7, 11) is -3.32. The van der Waals surface area contributed by atoms with Crippen molar-refractivity contribution in [1.29, 1.82) is 0 Å². The molecule has 33 heavy (non-hydrogen) atoms. The number of rotatable bonds is 10. The molecule has 2 nitrogen and oxygen atoms in total. The van der Waals surface area contributed by atoms with Gasteiger partial charge in [0.05, 0.1) is 0 Å². The number of halogens is 2. The van der Waals surface area contributed by atoms with E-state index in [2.05, 4.69) is 115 Å².